The monoisotopic (exact) mass is 393 g/mol. The number of aromatic nitrogens is 3. The van der Waals surface area contributed by atoms with Gasteiger partial charge in [0.1, 0.15) is 0 Å². The summed E-state index contributed by atoms with van der Waals surface area (Å²) in [7, 11) is 3.33. The largest absolute Gasteiger partial charge is 0.478 e. The molecule has 2 N–H and O–H groups in total. The third-order valence-corrected chi connectivity index (χ3v) is 3.86. The molecule has 0 saturated heterocycles. The normalized spacial score (nSPS) is 11.5. The second kappa shape index (κ2) is 6.83. The average Bonchev–Trinajstić information content (AvgIpc) is 3.01. The Morgan fingerprint density at radius 3 is 2.36 bits per heavy atom. The Hall–Kier alpha value is -3.63. The van der Waals surface area contributed by atoms with Crippen molar-refractivity contribution in [2.45, 2.75) is 6.18 Å². The molecule has 146 valence electrons. The van der Waals surface area contributed by atoms with Crippen LogP contribution in [0.3, 0.4) is 0 Å². The number of alkyl halides is 3. The van der Waals surface area contributed by atoms with E-state index in [1.807, 2.05) is 0 Å². The van der Waals surface area contributed by atoms with E-state index in [2.05, 4.69) is 15.4 Å². The number of carbonyl (C=O) groups excluding carboxylic acids is 1. The van der Waals surface area contributed by atoms with E-state index in [1.165, 1.54) is 16.8 Å². The third kappa shape index (κ3) is 3.72. The smallest absolute Gasteiger partial charge is 0.416 e. The predicted molar refractivity (Wildman–Crippen MR) is 93.7 cm³/mol. The molecule has 3 aromatic rings. The molecule has 0 aliphatic rings. The van der Waals surface area contributed by atoms with Crippen LogP contribution < -0.4 is 10.2 Å². The number of aromatic carboxylic acids is 1. The minimum absolute atomic E-state index is 0.00511. The van der Waals surface area contributed by atoms with Gasteiger partial charge in [0.2, 0.25) is 5.95 Å². The number of carboxylic acids is 1. The Labute approximate surface area is 156 Å². The highest BCUT2D eigenvalue weighted by Crippen LogP contribution is 2.29. The molecule has 0 fully saturated rings. The zero-order valence-electron chi connectivity index (χ0n) is 14.7. The molecule has 0 aliphatic carbocycles. The van der Waals surface area contributed by atoms with Gasteiger partial charge in [-0.15, -0.1) is 5.10 Å². The van der Waals surface area contributed by atoms with Gasteiger partial charge in [-0.25, -0.2) is 9.31 Å². The van der Waals surface area contributed by atoms with Crippen molar-refractivity contribution in [2.75, 3.05) is 24.3 Å². The quantitative estimate of drug-likeness (QED) is 0.707. The topological polar surface area (TPSA) is 99.8 Å². The Balaban J connectivity index is 1.88. The van der Waals surface area contributed by atoms with E-state index in [0.29, 0.717) is 5.69 Å². The van der Waals surface area contributed by atoms with Crippen LogP contribution in [0.4, 0.5) is 24.8 Å². The van der Waals surface area contributed by atoms with Crippen LogP contribution in [0.1, 0.15) is 26.3 Å². The van der Waals surface area contributed by atoms with Gasteiger partial charge in [0.15, 0.2) is 5.65 Å². The summed E-state index contributed by atoms with van der Waals surface area (Å²) in [6.07, 6.45) is -3.05. The highest BCUT2D eigenvalue weighted by atomic mass is 19.4. The molecular weight excluding hydrogens is 379 g/mol. The molecule has 28 heavy (non-hydrogen) atoms. The van der Waals surface area contributed by atoms with E-state index in [9.17, 15) is 27.9 Å². The molecule has 11 heteroatoms. The number of anilines is 2. The van der Waals surface area contributed by atoms with Crippen molar-refractivity contribution < 1.29 is 27.9 Å². The van der Waals surface area contributed by atoms with Gasteiger partial charge in [0.05, 0.1) is 23.0 Å². The number of pyridine rings is 1. The number of hydrogen-bond donors (Lipinski definition) is 2. The minimum atomic E-state index is -4.50. The first-order valence-corrected chi connectivity index (χ1v) is 7.86. The van der Waals surface area contributed by atoms with E-state index in [4.69, 9.17) is 0 Å². The number of hydrogen-bond acceptors (Lipinski definition) is 5. The first kappa shape index (κ1) is 19.1. The fraction of sp³-hybridized carbons (Fsp3) is 0.176. The summed E-state index contributed by atoms with van der Waals surface area (Å²) < 4.78 is 39.1. The summed E-state index contributed by atoms with van der Waals surface area (Å²) >= 11 is 0. The summed E-state index contributed by atoms with van der Waals surface area (Å²) in [5.41, 5.74) is -0.305. The molecule has 0 atom stereocenters. The number of benzene rings is 1. The Morgan fingerprint density at radius 1 is 1.18 bits per heavy atom. The van der Waals surface area contributed by atoms with Crippen molar-refractivity contribution in [1.82, 2.24) is 14.6 Å². The first-order valence-electron chi connectivity index (χ1n) is 7.86. The molecule has 2 aromatic heterocycles. The summed E-state index contributed by atoms with van der Waals surface area (Å²) in [5.74, 6) is -1.96. The average molecular weight is 393 g/mol. The van der Waals surface area contributed by atoms with Crippen LogP contribution in [-0.4, -0.2) is 45.7 Å². The van der Waals surface area contributed by atoms with Crippen LogP contribution in [0.15, 0.2) is 36.5 Å². The zero-order chi connectivity index (χ0) is 20.6. The molecule has 0 unspecified atom stereocenters. The molecule has 1 amide bonds. The van der Waals surface area contributed by atoms with E-state index in [1.54, 1.807) is 19.0 Å². The maximum atomic E-state index is 12.6. The number of halogens is 3. The number of rotatable bonds is 4. The standard InChI is InChI=1S/C17H14F3N5O3/c1-24(2)12-8-25-13(7-11(12)15(27)28)21-16(23-25)22-14(26)9-3-5-10(6-4-9)17(18,19)20/h3-8H,1-2H3,(H,27,28)(H,22,23,26). The van der Waals surface area contributed by atoms with Gasteiger partial charge in [-0.05, 0) is 30.3 Å². The SMILES string of the molecule is CN(C)c1cn2nc(NC(=O)c3ccc(C(F)(F)F)cc3)nc2cc1C(=O)O. The van der Waals surface area contributed by atoms with E-state index in [0.717, 1.165) is 24.3 Å². The van der Waals surface area contributed by atoms with Crippen LogP contribution in [0.2, 0.25) is 0 Å². The number of nitrogens with zero attached hydrogens (tertiary/aromatic N) is 4. The number of nitrogens with one attached hydrogen (secondary N) is 1. The number of fused-ring (bicyclic) bond motifs is 1. The molecule has 0 aliphatic heterocycles. The van der Waals surface area contributed by atoms with Gasteiger partial charge in [0, 0.05) is 19.7 Å². The summed E-state index contributed by atoms with van der Waals surface area (Å²) in [6.45, 7) is 0. The minimum Gasteiger partial charge on any atom is -0.478 e. The van der Waals surface area contributed by atoms with Crippen LogP contribution in [0.25, 0.3) is 5.65 Å². The van der Waals surface area contributed by atoms with Gasteiger partial charge in [0.25, 0.3) is 5.91 Å². The second-order valence-electron chi connectivity index (χ2n) is 6.04. The molecule has 0 spiro atoms. The fourth-order valence-electron chi connectivity index (χ4n) is 2.48. The number of amides is 1. The highest BCUT2D eigenvalue weighted by Gasteiger charge is 2.30. The van der Waals surface area contributed by atoms with Crippen molar-refractivity contribution in [1.29, 1.82) is 0 Å². The van der Waals surface area contributed by atoms with Crippen molar-refractivity contribution in [2.24, 2.45) is 0 Å². The van der Waals surface area contributed by atoms with E-state index >= 15 is 0 Å². The molecule has 1 aromatic carbocycles. The van der Waals surface area contributed by atoms with Crippen molar-refractivity contribution in [3.63, 3.8) is 0 Å². The van der Waals surface area contributed by atoms with Crippen LogP contribution >= 0.6 is 0 Å². The lowest BCUT2D eigenvalue weighted by Gasteiger charge is -2.14. The van der Waals surface area contributed by atoms with Crippen molar-refractivity contribution in [3.05, 3.63) is 53.2 Å². The predicted octanol–water partition coefficient (Wildman–Crippen LogP) is 2.76. The molecule has 8 nitrogen and oxygen atoms in total. The molecule has 0 radical (unpaired) electrons. The fourth-order valence-corrected chi connectivity index (χ4v) is 2.48. The van der Waals surface area contributed by atoms with Gasteiger partial charge in [-0.2, -0.15) is 18.2 Å². The Kier molecular flexibility index (Phi) is 4.67. The summed E-state index contributed by atoms with van der Waals surface area (Å²) in [5, 5.41) is 15.8. The molecule has 0 saturated carbocycles. The van der Waals surface area contributed by atoms with E-state index in [-0.39, 0.29) is 22.7 Å². The summed E-state index contributed by atoms with van der Waals surface area (Å²) in [4.78, 5) is 29.2. The molecule has 2 heterocycles. The van der Waals surface area contributed by atoms with Crippen molar-refractivity contribution >= 4 is 29.2 Å². The highest BCUT2D eigenvalue weighted by molar-refractivity contribution is 6.03. The van der Waals surface area contributed by atoms with Crippen LogP contribution in [0.5, 0.6) is 0 Å². The van der Waals surface area contributed by atoms with E-state index < -0.39 is 23.6 Å². The number of carboxylic acid groups (broad SMARTS) is 1. The maximum absolute atomic E-state index is 12.6. The summed E-state index contributed by atoms with van der Waals surface area (Å²) in [6, 6.07) is 4.99. The van der Waals surface area contributed by atoms with Crippen molar-refractivity contribution in [3.8, 4) is 0 Å². The van der Waals surface area contributed by atoms with Crippen LogP contribution in [0, 0.1) is 0 Å². The lowest BCUT2D eigenvalue weighted by atomic mass is 10.1. The molecular formula is C17H14F3N5O3. The Morgan fingerprint density at radius 2 is 1.82 bits per heavy atom. The van der Waals surface area contributed by atoms with Crippen LogP contribution in [-0.2, 0) is 6.18 Å². The van der Waals surface area contributed by atoms with Gasteiger partial charge in [-0.1, -0.05) is 0 Å². The molecule has 0 bridgehead atoms. The zero-order valence-corrected chi connectivity index (χ0v) is 14.7. The van der Waals surface area contributed by atoms with Gasteiger partial charge < -0.3 is 10.0 Å². The lowest BCUT2D eigenvalue weighted by Crippen LogP contribution is -2.15. The first-order chi connectivity index (χ1) is 13.1. The molecule has 3 rings (SSSR count). The third-order valence-electron chi connectivity index (χ3n) is 3.86. The Bertz CT molecular complexity index is 1060. The number of carbonyl (C=O) groups is 2. The lowest BCUT2D eigenvalue weighted by molar-refractivity contribution is -0.137. The van der Waals surface area contributed by atoms with Gasteiger partial charge >= 0.3 is 12.1 Å². The maximum Gasteiger partial charge on any atom is 0.416 e. The van der Waals surface area contributed by atoms with Gasteiger partial charge in [-0.3, -0.25) is 10.1 Å². The second-order valence-corrected chi connectivity index (χ2v) is 6.04.